The first kappa shape index (κ1) is 19.7. The van der Waals surface area contributed by atoms with Gasteiger partial charge in [-0.1, -0.05) is 23.7 Å². The van der Waals surface area contributed by atoms with Crippen LogP contribution in [0.2, 0.25) is 5.02 Å². The largest absolute Gasteiger partial charge is 0.360 e. The second kappa shape index (κ2) is 7.34. The molecule has 1 fully saturated rings. The van der Waals surface area contributed by atoms with E-state index in [9.17, 15) is 9.59 Å². The molecule has 1 aromatic heterocycles. The van der Waals surface area contributed by atoms with Gasteiger partial charge in [-0.3, -0.25) is 9.59 Å². The van der Waals surface area contributed by atoms with E-state index in [0.717, 1.165) is 29.8 Å². The number of rotatable bonds is 3. The summed E-state index contributed by atoms with van der Waals surface area (Å²) in [5, 5.41) is 4.20. The van der Waals surface area contributed by atoms with E-state index in [1.54, 1.807) is 25.1 Å². The Morgan fingerprint density at radius 3 is 2.72 bits per heavy atom. The van der Waals surface area contributed by atoms with Crippen LogP contribution in [0, 0.1) is 0 Å². The van der Waals surface area contributed by atoms with Gasteiger partial charge in [0, 0.05) is 44.7 Å². The molecule has 1 N–H and O–H groups in total. The lowest BCUT2D eigenvalue weighted by Crippen LogP contribution is -2.38. The summed E-state index contributed by atoms with van der Waals surface area (Å²) in [5.41, 5.74) is 2.47. The summed E-state index contributed by atoms with van der Waals surface area (Å²) in [4.78, 5) is 32.7. The predicted octanol–water partition coefficient (Wildman–Crippen LogP) is 3.31. The second-order valence-electron chi connectivity index (χ2n) is 8.20. The number of nitrogens with zero attached hydrogens (tertiary/aromatic N) is 3. The van der Waals surface area contributed by atoms with Gasteiger partial charge in [-0.05, 0) is 42.7 Å². The Hall–Kier alpha value is -2.60. The minimum Gasteiger partial charge on any atom is -0.360 e. The monoisotopic (exact) mass is 412 g/mol. The molecule has 152 valence electrons. The molecule has 29 heavy (non-hydrogen) atoms. The van der Waals surface area contributed by atoms with E-state index < -0.39 is 0 Å². The van der Waals surface area contributed by atoms with E-state index in [-0.39, 0.29) is 23.4 Å². The summed E-state index contributed by atoms with van der Waals surface area (Å²) in [5.74, 6) is 0.811. The molecule has 2 aliphatic rings. The van der Waals surface area contributed by atoms with E-state index in [0.29, 0.717) is 23.7 Å². The molecule has 2 aromatic rings. The average molecular weight is 413 g/mol. The number of nitrogens with one attached hydrogen (secondary N) is 1. The summed E-state index contributed by atoms with van der Waals surface area (Å²) in [6.45, 7) is 4.90. The normalized spacial score (nSPS) is 22.9. The molecule has 0 unspecified atom stereocenters. The third-order valence-corrected chi connectivity index (χ3v) is 6.38. The predicted molar refractivity (Wildman–Crippen MR) is 113 cm³/mol. The lowest BCUT2D eigenvalue weighted by Gasteiger charge is -2.25. The third-order valence-electron chi connectivity index (χ3n) is 6.13. The number of benzene rings is 1. The Kier molecular flexibility index (Phi) is 4.99. The molecule has 1 saturated heterocycles. The zero-order valence-electron chi connectivity index (χ0n) is 16.9. The van der Waals surface area contributed by atoms with Crippen molar-refractivity contribution in [3.05, 3.63) is 58.2 Å². The Labute approximate surface area is 175 Å². The van der Waals surface area contributed by atoms with Crippen LogP contribution in [0.25, 0.3) is 0 Å². The molecular weight excluding hydrogens is 388 g/mol. The van der Waals surface area contributed by atoms with Gasteiger partial charge in [0.05, 0.1) is 17.1 Å². The molecule has 4 rings (SSSR count). The smallest absolute Gasteiger partial charge is 0.255 e. The van der Waals surface area contributed by atoms with E-state index in [1.165, 1.54) is 0 Å². The molecule has 7 heteroatoms. The zero-order chi connectivity index (χ0) is 20.8. The van der Waals surface area contributed by atoms with E-state index in [4.69, 9.17) is 11.6 Å². The Bertz CT molecular complexity index is 962. The number of carbonyl (C=O) groups is 2. The van der Waals surface area contributed by atoms with Crippen LogP contribution in [0.4, 0.5) is 5.82 Å². The van der Waals surface area contributed by atoms with Crippen molar-refractivity contribution < 1.29 is 9.59 Å². The van der Waals surface area contributed by atoms with Crippen LogP contribution in [0.15, 0.2) is 36.5 Å². The maximum Gasteiger partial charge on any atom is 0.255 e. The highest BCUT2D eigenvalue weighted by molar-refractivity contribution is 6.30. The molecule has 2 atom stereocenters. The minimum absolute atomic E-state index is 0.0241. The number of carbonyl (C=O) groups excluding carboxylic acids is 2. The molecule has 0 bridgehead atoms. The van der Waals surface area contributed by atoms with Gasteiger partial charge in [0.25, 0.3) is 5.91 Å². The van der Waals surface area contributed by atoms with Gasteiger partial charge < -0.3 is 15.1 Å². The minimum atomic E-state index is -0.287. The fraction of sp³-hybridized carbons (Fsp3) is 0.409. The van der Waals surface area contributed by atoms with Gasteiger partial charge in [-0.15, -0.1) is 0 Å². The van der Waals surface area contributed by atoms with Gasteiger partial charge in [-0.2, -0.15) is 0 Å². The first-order valence-corrected chi connectivity index (χ1v) is 10.2. The molecule has 2 amide bonds. The number of pyridine rings is 1. The van der Waals surface area contributed by atoms with Crippen molar-refractivity contribution in [3.63, 3.8) is 0 Å². The molecule has 6 nitrogen and oxygen atoms in total. The van der Waals surface area contributed by atoms with Crippen LogP contribution in [0.3, 0.4) is 0 Å². The molecule has 0 aliphatic carbocycles. The number of aromatic nitrogens is 1. The summed E-state index contributed by atoms with van der Waals surface area (Å²) in [7, 11) is 1.79. The highest BCUT2D eigenvalue weighted by Crippen LogP contribution is 2.38. The standard InChI is InChI=1S/C22H25ClN4O2/c1-14(28)26(3)19-8-9-27(13-19)21(29)16-10-15-11-22(2,25-20(15)24-12-16)17-4-6-18(23)7-5-17/h4-7,10,12,19H,8-9,11,13H2,1-3H3,(H,24,25)/t19-,22-/m0/s1. The van der Waals surface area contributed by atoms with Crippen molar-refractivity contribution in [2.75, 3.05) is 25.5 Å². The number of hydrogen-bond donors (Lipinski definition) is 1. The first-order chi connectivity index (χ1) is 13.8. The number of halogens is 1. The van der Waals surface area contributed by atoms with Gasteiger partial charge in [0.1, 0.15) is 5.82 Å². The Morgan fingerprint density at radius 2 is 2.03 bits per heavy atom. The fourth-order valence-corrected chi connectivity index (χ4v) is 4.36. The number of anilines is 1. The summed E-state index contributed by atoms with van der Waals surface area (Å²) < 4.78 is 0. The Balaban J connectivity index is 1.50. The number of likely N-dealkylation sites (N-methyl/N-ethyl adjacent to an activating group) is 1. The van der Waals surface area contributed by atoms with Crippen molar-refractivity contribution in [1.82, 2.24) is 14.8 Å². The van der Waals surface area contributed by atoms with Crippen molar-refractivity contribution in [2.45, 2.75) is 38.3 Å². The lowest BCUT2D eigenvalue weighted by atomic mass is 9.89. The maximum absolute atomic E-state index is 13.0. The molecule has 2 aliphatic heterocycles. The molecule has 0 spiro atoms. The van der Waals surface area contributed by atoms with Crippen LogP contribution in [-0.4, -0.2) is 52.8 Å². The fourth-order valence-electron chi connectivity index (χ4n) is 4.24. The van der Waals surface area contributed by atoms with Crippen LogP contribution in [-0.2, 0) is 16.8 Å². The van der Waals surface area contributed by atoms with Gasteiger partial charge in [0.15, 0.2) is 0 Å². The quantitative estimate of drug-likeness (QED) is 0.839. The van der Waals surface area contributed by atoms with E-state index in [1.807, 2.05) is 35.2 Å². The highest BCUT2D eigenvalue weighted by Gasteiger charge is 2.36. The second-order valence-corrected chi connectivity index (χ2v) is 8.63. The molecule has 3 heterocycles. The van der Waals surface area contributed by atoms with Crippen molar-refractivity contribution in [1.29, 1.82) is 0 Å². The van der Waals surface area contributed by atoms with Crippen molar-refractivity contribution in [2.24, 2.45) is 0 Å². The van der Waals surface area contributed by atoms with Crippen molar-refractivity contribution in [3.8, 4) is 0 Å². The summed E-state index contributed by atoms with van der Waals surface area (Å²) in [6.07, 6.45) is 3.19. The van der Waals surface area contributed by atoms with Gasteiger partial charge in [-0.25, -0.2) is 4.98 Å². The van der Waals surface area contributed by atoms with Crippen LogP contribution in [0.5, 0.6) is 0 Å². The van der Waals surface area contributed by atoms with Gasteiger partial charge in [0.2, 0.25) is 5.91 Å². The zero-order valence-corrected chi connectivity index (χ0v) is 17.7. The van der Waals surface area contributed by atoms with E-state index in [2.05, 4.69) is 17.2 Å². The van der Waals surface area contributed by atoms with Crippen LogP contribution < -0.4 is 5.32 Å². The average Bonchev–Trinajstić information content (AvgIpc) is 3.31. The maximum atomic E-state index is 13.0. The number of amides is 2. The Morgan fingerprint density at radius 1 is 1.31 bits per heavy atom. The van der Waals surface area contributed by atoms with E-state index >= 15 is 0 Å². The lowest BCUT2D eigenvalue weighted by molar-refractivity contribution is -0.129. The SMILES string of the molecule is CC(=O)N(C)[C@H]1CCN(C(=O)c2cnc3c(c2)C[C@@](C)(c2ccc(Cl)cc2)N3)C1. The van der Waals surface area contributed by atoms with Gasteiger partial charge >= 0.3 is 0 Å². The summed E-state index contributed by atoms with van der Waals surface area (Å²) >= 11 is 6.02. The first-order valence-electron chi connectivity index (χ1n) is 9.83. The molecule has 1 aromatic carbocycles. The van der Waals surface area contributed by atoms with Crippen LogP contribution in [0.1, 0.15) is 41.8 Å². The number of likely N-dealkylation sites (tertiary alicyclic amines) is 1. The molecular formula is C22H25ClN4O2. The highest BCUT2D eigenvalue weighted by atomic mass is 35.5. The number of hydrogen-bond acceptors (Lipinski definition) is 4. The molecule has 0 saturated carbocycles. The molecule has 0 radical (unpaired) electrons. The van der Waals surface area contributed by atoms with Crippen molar-refractivity contribution >= 4 is 29.2 Å². The van der Waals surface area contributed by atoms with Crippen LogP contribution >= 0.6 is 11.6 Å². The third kappa shape index (κ3) is 3.69. The topological polar surface area (TPSA) is 65.5 Å². The summed E-state index contributed by atoms with van der Waals surface area (Å²) in [6, 6.07) is 9.83. The number of fused-ring (bicyclic) bond motifs is 1.